The van der Waals surface area contributed by atoms with Crippen LogP contribution in [-0.2, 0) is 4.74 Å². The van der Waals surface area contributed by atoms with Crippen molar-refractivity contribution in [2.24, 2.45) is 10.9 Å². The number of carbonyl (C=O) groups excluding carboxylic acids is 1. The highest BCUT2D eigenvalue weighted by Crippen LogP contribution is 2.16. The highest BCUT2D eigenvalue weighted by molar-refractivity contribution is 5.91. The van der Waals surface area contributed by atoms with E-state index < -0.39 is 23.8 Å². The topological polar surface area (TPSA) is 100 Å². The lowest BCUT2D eigenvalue weighted by atomic mass is 10.2. The molecular formula is C12H14F2N4O3. The number of morpholine rings is 1. The highest BCUT2D eigenvalue weighted by atomic mass is 19.1. The average Bonchev–Trinajstić information content (AvgIpc) is 2.49. The minimum absolute atomic E-state index is 0.0601. The summed E-state index contributed by atoms with van der Waals surface area (Å²) in [5.74, 6) is -1.76. The van der Waals surface area contributed by atoms with Gasteiger partial charge in [-0.3, -0.25) is 0 Å². The molecular weight excluding hydrogens is 286 g/mol. The van der Waals surface area contributed by atoms with Crippen LogP contribution in [0, 0.1) is 11.6 Å². The summed E-state index contributed by atoms with van der Waals surface area (Å²) in [5, 5.41) is 13.7. The van der Waals surface area contributed by atoms with Gasteiger partial charge in [-0.1, -0.05) is 5.16 Å². The molecule has 2 amide bonds. The molecule has 2 rings (SSSR count). The molecule has 1 aliphatic heterocycles. The van der Waals surface area contributed by atoms with Crippen molar-refractivity contribution in [1.82, 2.24) is 4.90 Å². The number of urea groups is 1. The van der Waals surface area contributed by atoms with Crippen molar-refractivity contribution < 1.29 is 23.5 Å². The predicted molar refractivity (Wildman–Crippen MR) is 70.1 cm³/mol. The SMILES string of the molecule is NC(=NO)C1CN(C(=O)Nc2ccc(F)cc2F)CCO1. The normalized spacial score (nSPS) is 19.4. The first kappa shape index (κ1) is 15.0. The van der Waals surface area contributed by atoms with Gasteiger partial charge in [0.1, 0.15) is 17.7 Å². The molecule has 0 saturated carbocycles. The largest absolute Gasteiger partial charge is 0.409 e. The Hall–Kier alpha value is -2.42. The number of oxime groups is 1. The van der Waals surface area contributed by atoms with Gasteiger partial charge < -0.3 is 25.9 Å². The maximum Gasteiger partial charge on any atom is 0.322 e. The van der Waals surface area contributed by atoms with Crippen LogP contribution < -0.4 is 11.1 Å². The molecule has 0 spiro atoms. The van der Waals surface area contributed by atoms with Gasteiger partial charge in [0.2, 0.25) is 0 Å². The van der Waals surface area contributed by atoms with Gasteiger partial charge in [-0.05, 0) is 12.1 Å². The molecule has 0 aromatic heterocycles. The van der Waals surface area contributed by atoms with Crippen LogP contribution in [0.1, 0.15) is 0 Å². The first-order valence-corrected chi connectivity index (χ1v) is 6.11. The van der Waals surface area contributed by atoms with Gasteiger partial charge >= 0.3 is 6.03 Å². The fourth-order valence-corrected chi connectivity index (χ4v) is 1.86. The molecule has 0 bridgehead atoms. The third-order valence-corrected chi connectivity index (χ3v) is 2.97. The maximum atomic E-state index is 13.5. The van der Waals surface area contributed by atoms with Crippen molar-refractivity contribution in [1.29, 1.82) is 0 Å². The summed E-state index contributed by atoms with van der Waals surface area (Å²) in [4.78, 5) is 13.3. The lowest BCUT2D eigenvalue weighted by Gasteiger charge is -2.32. The Balaban J connectivity index is 2.03. The predicted octanol–water partition coefficient (Wildman–Crippen LogP) is 0.944. The number of rotatable bonds is 2. The molecule has 1 fully saturated rings. The number of nitrogens with one attached hydrogen (secondary N) is 1. The Kier molecular flexibility index (Phi) is 4.53. The summed E-state index contributed by atoms with van der Waals surface area (Å²) in [6.07, 6.45) is -0.729. The molecule has 21 heavy (non-hydrogen) atoms. The monoisotopic (exact) mass is 300 g/mol. The smallest absolute Gasteiger partial charge is 0.322 e. The molecule has 0 radical (unpaired) electrons. The van der Waals surface area contributed by atoms with E-state index in [2.05, 4.69) is 10.5 Å². The molecule has 1 unspecified atom stereocenters. The van der Waals surface area contributed by atoms with Crippen LogP contribution in [0.4, 0.5) is 19.3 Å². The molecule has 1 aromatic rings. The van der Waals surface area contributed by atoms with Crippen molar-refractivity contribution in [2.45, 2.75) is 6.10 Å². The molecule has 1 aliphatic rings. The summed E-state index contributed by atoms with van der Waals surface area (Å²) in [5.41, 5.74) is 5.29. The van der Waals surface area contributed by atoms with Crippen LogP contribution in [0.25, 0.3) is 0 Å². The lowest BCUT2D eigenvalue weighted by molar-refractivity contribution is 0.0223. The van der Waals surface area contributed by atoms with Crippen LogP contribution in [0.3, 0.4) is 0 Å². The van der Waals surface area contributed by atoms with Crippen molar-refractivity contribution in [3.63, 3.8) is 0 Å². The molecule has 0 aliphatic carbocycles. The quantitative estimate of drug-likeness (QED) is 0.327. The van der Waals surface area contributed by atoms with Crippen molar-refractivity contribution in [3.8, 4) is 0 Å². The standard InChI is InChI=1S/C12H14F2N4O3/c13-7-1-2-9(8(14)5-7)16-12(19)18-3-4-21-10(6-18)11(15)17-20/h1-2,5,10,20H,3-4,6H2,(H2,15,17)(H,16,19). The van der Waals surface area contributed by atoms with Gasteiger partial charge in [0.15, 0.2) is 5.84 Å². The van der Waals surface area contributed by atoms with Gasteiger partial charge in [0.25, 0.3) is 0 Å². The second-order valence-corrected chi connectivity index (χ2v) is 4.38. The summed E-state index contributed by atoms with van der Waals surface area (Å²) < 4.78 is 31.5. The molecule has 9 heteroatoms. The molecule has 4 N–H and O–H groups in total. The van der Waals surface area contributed by atoms with E-state index in [1.807, 2.05) is 0 Å². The third-order valence-electron chi connectivity index (χ3n) is 2.97. The Bertz CT molecular complexity index is 567. The summed E-state index contributed by atoms with van der Waals surface area (Å²) in [6, 6.07) is 2.26. The van der Waals surface area contributed by atoms with Gasteiger partial charge in [0.05, 0.1) is 18.8 Å². The Morgan fingerprint density at radius 2 is 2.29 bits per heavy atom. The van der Waals surface area contributed by atoms with Crippen LogP contribution in [0.15, 0.2) is 23.4 Å². The number of amides is 2. The molecule has 1 aromatic carbocycles. The van der Waals surface area contributed by atoms with E-state index in [9.17, 15) is 13.6 Å². The van der Waals surface area contributed by atoms with Gasteiger partial charge in [-0.15, -0.1) is 0 Å². The number of ether oxygens (including phenoxy) is 1. The van der Waals surface area contributed by atoms with Gasteiger partial charge in [0, 0.05) is 12.6 Å². The van der Waals surface area contributed by atoms with Gasteiger partial charge in [-0.25, -0.2) is 13.6 Å². The number of halogens is 2. The van der Waals surface area contributed by atoms with E-state index >= 15 is 0 Å². The fourth-order valence-electron chi connectivity index (χ4n) is 1.86. The lowest BCUT2D eigenvalue weighted by Crippen LogP contribution is -2.51. The van der Waals surface area contributed by atoms with E-state index in [0.29, 0.717) is 6.07 Å². The van der Waals surface area contributed by atoms with Crippen molar-refractivity contribution >= 4 is 17.6 Å². The first-order chi connectivity index (χ1) is 10.0. The zero-order valence-corrected chi connectivity index (χ0v) is 10.9. The molecule has 7 nitrogen and oxygen atoms in total. The number of nitrogens with zero attached hydrogens (tertiary/aromatic N) is 2. The highest BCUT2D eigenvalue weighted by Gasteiger charge is 2.27. The number of anilines is 1. The Labute approximate surface area is 119 Å². The van der Waals surface area contributed by atoms with Crippen LogP contribution >= 0.6 is 0 Å². The van der Waals surface area contributed by atoms with E-state index in [4.69, 9.17) is 15.7 Å². The van der Waals surface area contributed by atoms with E-state index in [0.717, 1.165) is 12.1 Å². The minimum atomic E-state index is -0.871. The maximum absolute atomic E-state index is 13.5. The third kappa shape index (κ3) is 3.57. The zero-order valence-electron chi connectivity index (χ0n) is 10.9. The number of hydrogen-bond acceptors (Lipinski definition) is 4. The van der Waals surface area contributed by atoms with E-state index in [1.165, 1.54) is 4.90 Å². The number of nitrogens with two attached hydrogens (primary N) is 1. The number of benzene rings is 1. The summed E-state index contributed by atoms with van der Waals surface area (Å²) in [7, 11) is 0. The molecule has 1 atom stereocenters. The Morgan fingerprint density at radius 3 is 2.95 bits per heavy atom. The minimum Gasteiger partial charge on any atom is -0.409 e. The Morgan fingerprint density at radius 1 is 1.52 bits per heavy atom. The second-order valence-electron chi connectivity index (χ2n) is 4.38. The summed E-state index contributed by atoms with van der Waals surface area (Å²) >= 11 is 0. The number of hydrogen-bond donors (Lipinski definition) is 3. The molecule has 1 heterocycles. The summed E-state index contributed by atoms with van der Waals surface area (Å²) in [6.45, 7) is 0.522. The van der Waals surface area contributed by atoms with Gasteiger partial charge in [-0.2, -0.15) is 0 Å². The fraction of sp³-hybridized carbons (Fsp3) is 0.333. The molecule has 114 valence electrons. The van der Waals surface area contributed by atoms with Crippen molar-refractivity contribution in [3.05, 3.63) is 29.8 Å². The van der Waals surface area contributed by atoms with Crippen LogP contribution in [0.5, 0.6) is 0 Å². The van der Waals surface area contributed by atoms with Crippen molar-refractivity contribution in [2.75, 3.05) is 25.0 Å². The second kappa shape index (κ2) is 6.35. The number of amidine groups is 1. The van der Waals surface area contributed by atoms with Crippen LogP contribution in [-0.4, -0.2) is 47.8 Å². The van der Waals surface area contributed by atoms with E-state index in [-0.39, 0.29) is 31.2 Å². The van der Waals surface area contributed by atoms with Crippen LogP contribution in [0.2, 0.25) is 0 Å². The average molecular weight is 300 g/mol. The zero-order chi connectivity index (χ0) is 15.4. The first-order valence-electron chi connectivity index (χ1n) is 6.11. The van der Waals surface area contributed by atoms with E-state index in [1.54, 1.807) is 0 Å². The number of carbonyl (C=O) groups is 1. The molecule has 1 saturated heterocycles.